The van der Waals surface area contributed by atoms with E-state index in [0.29, 0.717) is 17.5 Å². The largest absolute Gasteiger partial charge is 0.483 e. The second-order valence-corrected chi connectivity index (χ2v) is 3.29. The quantitative estimate of drug-likeness (QED) is 0.844. The van der Waals surface area contributed by atoms with E-state index in [4.69, 9.17) is 14.4 Å². The van der Waals surface area contributed by atoms with E-state index in [1.54, 1.807) is 19.1 Å². The predicted molar refractivity (Wildman–Crippen MR) is 55.7 cm³/mol. The molecule has 0 radical (unpaired) electrons. The van der Waals surface area contributed by atoms with E-state index in [0.717, 1.165) is 5.56 Å². The van der Waals surface area contributed by atoms with Gasteiger partial charge in [0.1, 0.15) is 5.75 Å². The van der Waals surface area contributed by atoms with Crippen LogP contribution in [0.25, 0.3) is 0 Å². The smallest absolute Gasteiger partial charge is 0.264 e. The third-order valence-electron chi connectivity index (χ3n) is 2.06. The van der Waals surface area contributed by atoms with Gasteiger partial charge in [0, 0.05) is 5.56 Å². The van der Waals surface area contributed by atoms with Crippen molar-refractivity contribution < 1.29 is 14.4 Å². The number of aromatic nitrogens is 2. The molecule has 2 rings (SSSR count). The first-order chi connectivity index (χ1) is 7.79. The van der Waals surface area contributed by atoms with Crippen molar-refractivity contribution in [1.29, 1.82) is 0 Å². The Labute approximate surface area is 92.7 Å². The standard InChI is InChI=1S/C11H12N2O3/c1-8-12-11(16-13-8)7-15-10-5-3-2-4-9(10)6-14/h2-5,14H,6-7H2,1H3. The summed E-state index contributed by atoms with van der Waals surface area (Å²) in [7, 11) is 0. The van der Waals surface area contributed by atoms with Crippen molar-refractivity contribution >= 4 is 0 Å². The highest BCUT2D eigenvalue weighted by Gasteiger charge is 2.06. The van der Waals surface area contributed by atoms with Crippen LogP contribution in [0.15, 0.2) is 28.8 Å². The Balaban J connectivity index is 2.04. The van der Waals surface area contributed by atoms with E-state index in [2.05, 4.69) is 10.1 Å². The second-order valence-electron chi connectivity index (χ2n) is 3.29. The molecule has 0 saturated carbocycles. The van der Waals surface area contributed by atoms with Gasteiger partial charge in [-0.3, -0.25) is 0 Å². The minimum atomic E-state index is -0.0565. The van der Waals surface area contributed by atoms with Gasteiger partial charge in [0.2, 0.25) is 0 Å². The van der Waals surface area contributed by atoms with E-state index in [1.165, 1.54) is 0 Å². The molecule has 5 heteroatoms. The van der Waals surface area contributed by atoms with Crippen LogP contribution < -0.4 is 4.74 Å². The van der Waals surface area contributed by atoms with Crippen LogP contribution in [0, 0.1) is 6.92 Å². The van der Waals surface area contributed by atoms with Crippen molar-refractivity contribution in [2.45, 2.75) is 20.1 Å². The molecule has 0 fully saturated rings. The third-order valence-corrected chi connectivity index (χ3v) is 2.06. The van der Waals surface area contributed by atoms with Gasteiger partial charge in [0.15, 0.2) is 12.4 Å². The molecular weight excluding hydrogens is 208 g/mol. The highest BCUT2D eigenvalue weighted by atomic mass is 16.5. The topological polar surface area (TPSA) is 68.4 Å². The number of aliphatic hydroxyl groups excluding tert-OH is 1. The third kappa shape index (κ3) is 2.38. The van der Waals surface area contributed by atoms with E-state index < -0.39 is 0 Å². The minimum absolute atomic E-state index is 0.0565. The number of ether oxygens (including phenoxy) is 1. The molecule has 5 nitrogen and oxygen atoms in total. The monoisotopic (exact) mass is 220 g/mol. The Kier molecular flexibility index (Phi) is 3.16. The van der Waals surface area contributed by atoms with Crippen LogP contribution in [0.1, 0.15) is 17.3 Å². The van der Waals surface area contributed by atoms with Gasteiger partial charge in [-0.05, 0) is 13.0 Å². The maximum atomic E-state index is 9.09. The molecule has 2 aromatic rings. The van der Waals surface area contributed by atoms with E-state index in [1.807, 2.05) is 12.1 Å². The molecule has 1 aromatic carbocycles. The van der Waals surface area contributed by atoms with Crippen LogP contribution in [-0.2, 0) is 13.2 Å². The van der Waals surface area contributed by atoms with Gasteiger partial charge in [-0.25, -0.2) is 0 Å². The van der Waals surface area contributed by atoms with Crippen molar-refractivity contribution in [1.82, 2.24) is 10.1 Å². The summed E-state index contributed by atoms with van der Waals surface area (Å²) in [6.07, 6.45) is 0. The number of rotatable bonds is 4. The lowest BCUT2D eigenvalue weighted by Crippen LogP contribution is -1.98. The normalized spacial score (nSPS) is 10.4. The molecule has 0 spiro atoms. The van der Waals surface area contributed by atoms with Gasteiger partial charge in [-0.2, -0.15) is 4.98 Å². The number of nitrogens with zero attached hydrogens (tertiary/aromatic N) is 2. The Morgan fingerprint density at radius 1 is 1.38 bits per heavy atom. The first kappa shape index (κ1) is 10.6. The number of benzene rings is 1. The molecule has 0 bridgehead atoms. The van der Waals surface area contributed by atoms with Crippen LogP contribution >= 0.6 is 0 Å². The second kappa shape index (κ2) is 4.76. The Morgan fingerprint density at radius 3 is 2.88 bits per heavy atom. The van der Waals surface area contributed by atoms with E-state index >= 15 is 0 Å². The highest BCUT2D eigenvalue weighted by molar-refractivity contribution is 5.32. The number of para-hydroxylation sites is 1. The number of aryl methyl sites for hydroxylation is 1. The Morgan fingerprint density at radius 2 is 2.19 bits per heavy atom. The number of aliphatic hydroxyl groups is 1. The average molecular weight is 220 g/mol. The van der Waals surface area contributed by atoms with Gasteiger partial charge in [-0.15, -0.1) is 0 Å². The van der Waals surface area contributed by atoms with Gasteiger partial charge in [0.05, 0.1) is 6.61 Å². The maximum Gasteiger partial charge on any atom is 0.264 e. The summed E-state index contributed by atoms with van der Waals surface area (Å²) in [4.78, 5) is 4.02. The Bertz CT molecular complexity index is 468. The summed E-state index contributed by atoms with van der Waals surface area (Å²) < 4.78 is 10.4. The van der Waals surface area contributed by atoms with Gasteiger partial charge >= 0.3 is 0 Å². The molecule has 0 unspecified atom stereocenters. The summed E-state index contributed by atoms with van der Waals surface area (Å²) >= 11 is 0. The summed E-state index contributed by atoms with van der Waals surface area (Å²) in [5.41, 5.74) is 0.735. The summed E-state index contributed by atoms with van der Waals surface area (Å²) in [6, 6.07) is 7.27. The van der Waals surface area contributed by atoms with Crippen LogP contribution in [-0.4, -0.2) is 15.2 Å². The van der Waals surface area contributed by atoms with Gasteiger partial charge in [-0.1, -0.05) is 23.4 Å². The van der Waals surface area contributed by atoms with Gasteiger partial charge < -0.3 is 14.4 Å². The minimum Gasteiger partial charge on any atom is -0.483 e. The van der Waals surface area contributed by atoms with Gasteiger partial charge in [0.25, 0.3) is 5.89 Å². The van der Waals surface area contributed by atoms with Crippen molar-refractivity contribution in [2.24, 2.45) is 0 Å². The van der Waals surface area contributed by atoms with E-state index in [-0.39, 0.29) is 13.2 Å². The molecule has 1 N–H and O–H groups in total. The zero-order valence-corrected chi connectivity index (χ0v) is 8.88. The molecule has 0 atom stereocenters. The molecule has 16 heavy (non-hydrogen) atoms. The fourth-order valence-electron chi connectivity index (χ4n) is 1.31. The number of hydrogen-bond acceptors (Lipinski definition) is 5. The zero-order valence-electron chi connectivity index (χ0n) is 8.88. The lowest BCUT2D eigenvalue weighted by Gasteiger charge is -2.07. The van der Waals surface area contributed by atoms with Crippen molar-refractivity contribution in [3.63, 3.8) is 0 Å². The van der Waals surface area contributed by atoms with Crippen molar-refractivity contribution in [3.8, 4) is 5.75 Å². The summed E-state index contributed by atoms with van der Waals surface area (Å²) in [6.45, 7) is 1.89. The van der Waals surface area contributed by atoms with Crippen molar-refractivity contribution in [3.05, 3.63) is 41.5 Å². The maximum absolute atomic E-state index is 9.09. The van der Waals surface area contributed by atoms with Crippen LogP contribution in [0.2, 0.25) is 0 Å². The molecule has 0 aliphatic carbocycles. The summed E-state index contributed by atoms with van der Waals surface area (Å²) in [5.74, 6) is 1.63. The molecule has 0 saturated heterocycles. The fraction of sp³-hybridized carbons (Fsp3) is 0.273. The van der Waals surface area contributed by atoms with Crippen LogP contribution in [0.5, 0.6) is 5.75 Å². The van der Waals surface area contributed by atoms with Crippen LogP contribution in [0.3, 0.4) is 0 Å². The molecular formula is C11H12N2O3. The highest BCUT2D eigenvalue weighted by Crippen LogP contribution is 2.18. The number of hydrogen-bond donors (Lipinski definition) is 1. The first-order valence-corrected chi connectivity index (χ1v) is 4.90. The average Bonchev–Trinajstić information content (AvgIpc) is 2.73. The fourth-order valence-corrected chi connectivity index (χ4v) is 1.31. The molecule has 0 amide bonds. The molecule has 0 aliphatic heterocycles. The molecule has 1 aromatic heterocycles. The van der Waals surface area contributed by atoms with Crippen LogP contribution in [0.4, 0.5) is 0 Å². The lowest BCUT2D eigenvalue weighted by atomic mass is 10.2. The SMILES string of the molecule is Cc1noc(COc2ccccc2CO)n1. The van der Waals surface area contributed by atoms with E-state index in [9.17, 15) is 0 Å². The lowest BCUT2D eigenvalue weighted by molar-refractivity contribution is 0.229. The van der Waals surface area contributed by atoms with Crippen molar-refractivity contribution in [2.75, 3.05) is 0 Å². The molecule has 84 valence electrons. The zero-order chi connectivity index (χ0) is 11.4. The molecule has 1 heterocycles. The Hall–Kier alpha value is -1.88. The first-order valence-electron chi connectivity index (χ1n) is 4.90. The predicted octanol–water partition coefficient (Wildman–Crippen LogP) is 1.45. The molecule has 0 aliphatic rings. The summed E-state index contributed by atoms with van der Waals surface area (Å²) in [5, 5.41) is 12.7.